The molecule has 6 heteroatoms. The quantitative estimate of drug-likeness (QED) is 0.733. The van der Waals surface area contributed by atoms with Gasteiger partial charge < -0.3 is 15.0 Å². The van der Waals surface area contributed by atoms with Gasteiger partial charge in [0.05, 0.1) is 25.8 Å². The highest BCUT2D eigenvalue weighted by Crippen LogP contribution is 2.01. The molecule has 0 aromatic heterocycles. The van der Waals surface area contributed by atoms with Gasteiger partial charge in [-0.05, 0) is 6.92 Å². The Kier molecular flexibility index (Phi) is 4.90. The van der Waals surface area contributed by atoms with Crippen molar-refractivity contribution in [3.8, 4) is 0 Å². The van der Waals surface area contributed by atoms with Gasteiger partial charge in [0, 0.05) is 13.1 Å². The fraction of sp³-hybridized carbons (Fsp3) is 0.889. The van der Waals surface area contributed by atoms with Gasteiger partial charge in [-0.3, -0.25) is 4.79 Å². The average molecular weight is 222 g/mol. The van der Waals surface area contributed by atoms with Crippen LogP contribution in [0.5, 0.6) is 0 Å². The number of hydrogen-bond acceptors (Lipinski definition) is 3. The standard InChI is InChI=1S/C9H16F2N2O2/c1-7(12-6-8(10)11)9(14)13-2-4-15-5-3-13/h7-8,12H,2-6H2,1H3. The number of carbonyl (C=O) groups excluding carboxylic acids is 1. The minimum Gasteiger partial charge on any atom is -0.378 e. The average Bonchev–Trinajstić information content (AvgIpc) is 2.26. The van der Waals surface area contributed by atoms with Crippen LogP contribution in [0.4, 0.5) is 8.78 Å². The number of morpholine rings is 1. The molecule has 15 heavy (non-hydrogen) atoms. The van der Waals surface area contributed by atoms with Crippen LogP contribution in [0.1, 0.15) is 6.92 Å². The Labute approximate surface area is 87.6 Å². The van der Waals surface area contributed by atoms with Gasteiger partial charge in [-0.25, -0.2) is 8.78 Å². The van der Waals surface area contributed by atoms with Gasteiger partial charge in [0.2, 0.25) is 5.91 Å². The lowest BCUT2D eigenvalue weighted by Crippen LogP contribution is -2.49. The van der Waals surface area contributed by atoms with Crippen LogP contribution in [-0.4, -0.2) is 56.1 Å². The molecule has 0 aromatic carbocycles. The van der Waals surface area contributed by atoms with Gasteiger partial charge >= 0.3 is 0 Å². The maximum atomic E-state index is 11.9. The molecule has 1 saturated heterocycles. The van der Waals surface area contributed by atoms with E-state index in [2.05, 4.69) is 5.32 Å². The number of ether oxygens (including phenoxy) is 1. The maximum Gasteiger partial charge on any atom is 0.250 e. The van der Waals surface area contributed by atoms with E-state index in [-0.39, 0.29) is 5.91 Å². The molecule has 1 fully saturated rings. The fourth-order valence-electron chi connectivity index (χ4n) is 1.41. The van der Waals surface area contributed by atoms with Crippen molar-refractivity contribution in [3.63, 3.8) is 0 Å². The molecule has 1 atom stereocenters. The number of nitrogens with one attached hydrogen (secondary N) is 1. The summed E-state index contributed by atoms with van der Waals surface area (Å²) in [7, 11) is 0. The molecule has 1 aliphatic heterocycles. The van der Waals surface area contributed by atoms with E-state index in [1.54, 1.807) is 11.8 Å². The highest BCUT2D eigenvalue weighted by molar-refractivity contribution is 5.81. The van der Waals surface area contributed by atoms with Gasteiger partial charge in [0.15, 0.2) is 0 Å². The number of nitrogens with zero attached hydrogens (tertiary/aromatic N) is 1. The number of hydrogen-bond donors (Lipinski definition) is 1. The van der Waals surface area contributed by atoms with Crippen LogP contribution in [0.2, 0.25) is 0 Å². The van der Waals surface area contributed by atoms with E-state index in [0.29, 0.717) is 26.3 Å². The summed E-state index contributed by atoms with van der Waals surface area (Å²) in [6.45, 7) is 3.27. The van der Waals surface area contributed by atoms with Crippen LogP contribution in [0.3, 0.4) is 0 Å². The van der Waals surface area contributed by atoms with Crippen molar-refractivity contribution in [3.05, 3.63) is 0 Å². The van der Waals surface area contributed by atoms with Gasteiger partial charge in [-0.15, -0.1) is 0 Å². The minimum atomic E-state index is -2.43. The number of halogens is 2. The second-order valence-corrected chi connectivity index (χ2v) is 3.46. The van der Waals surface area contributed by atoms with E-state index in [0.717, 1.165) is 0 Å². The Morgan fingerprint density at radius 2 is 2.07 bits per heavy atom. The molecular weight excluding hydrogens is 206 g/mol. The molecule has 1 unspecified atom stereocenters. The molecule has 0 aromatic rings. The van der Waals surface area contributed by atoms with Crippen molar-refractivity contribution < 1.29 is 18.3 Å². The first-order valence-corrected chi connectivity index (χ1v) is 4.99. The molecular formula is C9H16F2N2O2. The third-order valence-electron chi connectivity index (χ3n) is 2.27. The normalized spacial score (nSPS) is 19.3. The van der Waals surface area contributed by atoms with Gasteiger partial charge in [-0.2, -0.15) is 0 Å². The largest absolute Gasteiger partial charge is 0.378 e. The first-order valence-electron chi connectivity index (χ1n) is 4.99. The highest BCUT2D eigenvalue weighted by Gasteiger charge is 2.22. The van der Waals surface area contributed by atoms with E-state index in [9.17, 15) is 13.6 Å². The molecule has 0 bridgehead atoms. The molecule has 1 heterocycles. The Morgan fingerprint density at radius 3 is 2.60 bits per heavy atom. The van der Waals surface area contributed by atoms with Crippen molar-refractivity contribution >= 4 is 5.91 Å². The summed E-state index contributed by atoms with van der Waals surface area (Å²) >= 11 is 0. The van der Waals surface area contributed by atoms with Crippen LogP contribution in [0.25, 0.3) is 0 Å². The third kappa shape index (κ3) is 4.09. The summed E-state index contributed by atoms with van der Waals surface area (Å²) in [6.07, 6.45) is -2.43. The van der Waals surface area contributed by atoms with Crippen molar-refractivity contribution in [1.82, 2.24) is 10.2 Å². The monoisotopic (exact) mass is 222 g/mol. The predicted molar refractivity (Wildman–Crippen MR) is 50.9 cm³/mol. The van der Waals surface area contributed by atoms with Crippen molar-refractivity contribution in [2.24, 2.45) is 0 Å². The zero-order valence-corrected chi connectivity index (χ0v) is 8.71. The number of rotatable bonds is 4. The van der Waals surface area contributed by atoms with Crippen molar-refractivity contribution in [2.75, 3.05) is 32.8 Å². The molecule has 0 spiro atoms. The Bertz CT molecular complexity index is 208. The zero-order chi connectivity index (χ0) is 11.3. The lowest BCUT2D eigenvalue weighted by Gasteiger charge is -2.29. The smallest absolute Gasteiger partial charge is 0.250 e. The van der Waals surface area contributed by atoms with Crippen LogP contribution in [0.15, 0.2) is 0 Å². The molecule has 4 nitrogen and oxygen atoms in total. The van der Waals surface area contributed by atoms with Crippen molar-refractivity contribution in [1.29, 1.82) is 0 Å². The fourth-order valence-corrected chi connectivity index (χ4v) is 1.41. The zero-order valence-electron chi connectivity index (χ0n) is 8.71. The van der Waals surface area contributed by atoms with E-state index in [1.165, 1.54) is 0 Å². The van der Waals surface area contributed by atoms with Gasteiger partial charge in [0.1, 0.15) is 0 Å². The lowest BCUT2D eigenvalue weighted by atomic mass is 10.2. The lowest BCUT2D eigenvalue weighted by molar-refractivity contribution is -0.137. The minimum absolute atomic E-state index is 0.140. The molecule has 1 rings (SSSR count). The van der Waals surface area contributed by atoms with E-state index >= 15 is 0 Å². The molecule has 0 radical (unpaired) electrons. The summed E-state index contributed by atoms with van der Waals surface area (Å²) in [4.78, 5) is 13.3. The topological polar surface area (TPSA) is 41.6 Å². The summed E-state index contributed by atoms with van der Waals surface area (Å²) < 4.78 is 28.9. The van der Waals surface area contributed by atoms with E-state index in [1.807, 2.05) is 0 Å². The van der Waals surface area contributed by atoms with Gasteiger partial charge in [-0.1, -0.05) is 0 Å². The number of amides is 1. The number of alkyl halides is 2. The number of carbonyl (C=O) groups is 1. The SMILES string of the molecule is CC(NCC(F)F)C(=O)N1CCOCC1. The van der Waals surface area contributed by atoms with Gasteiger partial charge in [0.25, 0.3) is 6.43 Å². The maximum absolute atomic E-state index is 11.9. The van der Waals surface area contributed by atoms with Crippen LogP contribution in [0, 0.1) is 0 Å². The first kappa shape index (κ1) is 12.3. The molecule has 1 amide bonds. The predicted octanol–water partition coefficient (Wildman–Crippen LogP) is 0.0884. The van der Waals surface area contributed by atoms with Crippen LogP contribution >= 0.6 is 0 Å². The summed E-state index contributed by atoms with van der Waals surface area (Å²) in [5.41, 5.74) is 0. The van der Waals surface area contributed by atoms with Crippen LogP contribution < -0.4 is 5.32 Å². The molecule has 0 aliphatic carbocycles. The molecule has 1 N–H and O–H groups in total. The Balaban J connectivity index is 2.30. The summed E-state index contributed by atoms with van der Waals surface area (Å²) in [5.74, 6) is -0.140. The Hall–Kier alpha value is -0.750. The van der Waals surface area contributed by atoms with Crippen molar-refractivity contribution in [2.45, 2.75) is 19.4 Å². The second-order valence-electron chi connectivity index (χ2n) is 3.46. The van der Waals surface area contributed by atoms with Crippen LogP contribution in [-0.2, 0) is 9.53 Å². The Morgan fingerprint density at radius 1 is 1.47 bits per heavy atom. The second kappa shape index (κ2) is 5.97. The molecule has 0 saturated carbocycles. The summed E-state index contributed by atoms with van der Waals surface area (Å²) in [5, 5.41) is 2.50. The highest BCUT2D eigenvalue weighted by atomic mass is 19.3. The van der Waals surface area contributed by atoms with E-state index < -0.39 is 19.0 Å². The molecule has 88 valence electrons. The first-order chi connectivity index (χ1) is 7.11. The van der Waals surface area contributed by atoms with E-state index in [4.69, 9.17) is 4.74 Å². The third-order valence-corrected chi connectivity index (χ3v) is 2.27. The summed E-state index contributed by atoms with van der Waals surface area (Å²) in [6, 6.07) is -0.558. The molecule has 1 aliphatic rings.